The summed E-state index contributed by atoms with van der Waals surface area (Å²) in [6.07, 6.45) is 3.29. The van der Waals surface area contributed by atoms with Gasteiger partial charge in [0.05, 0.1) is 6.42 Å². The Balaban J connectivity index is 2.28. The highest BCUT2D eigenvalue weighted by atomic mass is 79.9. The summed E-state index contributed by atoms with van der Waals surface area (Å²) in [7, 11) is 0. The summed E-state index contributed by atoms with van der Waals surface area (Å²) in [5.74, 6) is -0.0759. The number of hydrogen-bond donors (Lipinski definition) is 1. The SMILES string of the molecule is O=C(O)C/C=C/COc1ccc(Br)cc1. The van der Waals surface area contributed by atoms with Crippen LogP contribution in [0.1, 0.15) is 6.42 Å². The number of halogens is 1. The second kappa shape index (κ2) is 6.24. The highest BCUT2D eigenvalue weighted by Gasteiger charge is 1.92. The molecule has 1 aromatic rings. The Kier molecular flexibility index (Phi) is 4.90. The van der Waals surface area contributed by atoms with E-state index in [4.69, 9.17) is 9.84 Å². The van der Waals surface area contributed by atoms with Gasteiger partial charge in [-0.2, -0.15) is 0 Å². The molecule has 0 saturated heterocycles. The van der Waals surface area contributed by atoms with Crippen LogP contribution in [0.15, 0.2) is 40.9 Å². The molecule has 1 aromatic carbocycles. The number of rotatable bonds is 5. The van der Waals surface area contributed by atoms with E-state index in [2.05, 4.69) is 15.9 Å². The van der Waals surface area contributed by atoms with E-state index in [9.17, 15) is 4.79 Å². The molecule has 0 amide bonds. The summed E-state index contributed by atoms with van der Waals surface area (Å²) in [5, 5.41) is 8.36. The van der Waals surface area contributed by atoms with Gasteiger partial charge in [0.1, 0.15) is 12.4 Å². The summed E-state index contributed by atoms with van der Waals surface area (Å²) in [4.78, 5) is 10.2. The van der Waals surface area contributed by atoms with E-state index in [0.29, 0.717) is 6.61 Å². The Hall–Kier alpha value is -1.29. The van der Waals surface area contributed by atoms with Crippen LogP contribution in [0, 0.1) is 0 Å². The summed E-state index contributed by atoms with van der Waals surface area (Å²) in [6, 6.07) is 7.46. The monoisotopic (exact) mass is 270 g/mol. The number of aliphatic carboxylic acids is 1. The number of ether oxygens (including phenoxy) is 1. The maximum Gasteiger partial charge on any atom is 0.307 e. The Bertz CT molecular complexity index is 343. The Morgan fingerprint density at radius 3 is 2.60 bits per heavy atom. The molecule has 4 heteroatoms. The van der Waals surface area contributed by atoms with E-state index in [1.807, 2.05) is 24.3 Å². The van der Waals surface area contributed by atoms with Gasteiger partial charge in [0.25, 0.3) is 0 Å². The maximum absolute atomic E-state index is 10.2. The fourth-order valence-electron chi connectivity index (χ4n) is 0.927. The summed E-state index contributed by atoms with van der Waals surface area (Å²) in [6.45, 7) is 0.384. The molecule has 0 aliphatic rings. The zero-order chi connectivity index (χ0) is 11.1. The van der Waals surface area contributed by atoms with E-state index in [0.717, 1.165) is 10.2 Å². The van der Waals surface area contributed by atoms with Crippen LogP contribution in [-0.4, -0.2) is 17.7 Å². The van der Waals surface area contributed by atoms with Crippen molar-refractivity contribution < 1.29 is 14.6 Å². The van der Waals surface area contributed by atoms with Crippen molar-refractivity contribution in [3.63, 3.8) is 0 Å². The Morgan fingerprint density at radius 1 is 1.33 bits per heavy atom. The van der Waals surface area contributed by atoms with Crippen molar-refractivity contribution in [3.05, 3.63) is 40.9 Å². The molecular formula is C11H11BrO3. The third kappa shape index (κ3) is 5.22. The van der Waals surface area contributed by atoms with Crippen LogP contribution in [-0.2, 0) is 4.79 Å². The van der Waals surface area contributed by atoms with Crippen molar-refractivity contribution >= 4 is 21.9 Å². The fourth-order valence-corrected chi connectivity index (χ4v) is 1.19. The first-order chi connectivity index (χ1) is 7.18. The minimum absolute atomic E-state index is 0.0314. The van der Waals surface area contributed by atoms with Crippen LogP contribution in [0.5, 0.6) is 5.75 Å². The Labute approximate surface area is 96.5 Å². The standard InChI is InChI=1S/C11H11BrO3/c12-9-4-6-10(7-5-9)15-8-2-1-3-11(13)14/h1-2,4-7H,3,8H2,(H,13,14)/b2-1+. The van der Waals surface area contributed by atoms with Gasteiger partial charge in [0, 0.05) is 4.47 Å². The summed E-state index contributed by atoms with van der Waals surface area (Å²) in [5.41, 5.74) is 0. The topological polar surface area (TPSA) is 46.5 Å². The smallest absolute Gasteiger partial charge is 0.307 e. The van der Waals surface area contributed by atoms with Gasteiger partial charge in [-0.15, -0.1) is 0 Å². The zero-order valence-corrected chi connectivity index (χ0v) is 9.61. The van der Waals surface area contributed by atoms with Crippen molar-refractivity contribution in [3.8, 4) is 5.75 Å². The molecule has 0 aromatic heterocycles. The molecule has 0 spiro atoms. The molecule has 0 fully saturated rings. The molecule has 15 heavy (non-hydrogen) atoms. The molecule has 0 atom stereocenters. The highest BCUT2D eigenvalue weighted by Crippen LogP contribution is 2.15. The van der Waals surface area contributed by atoms with E-state index in [-0.39, 0.29) is 6.42 Å². The fraction of sp³-hybridized carbons (Fsp3) is 0.182. The van der Waals surface area contributed by atoms with Crippen LogP contribution >= 0.6 is 15.9 Å². The lowest BCUT2D eigenvalue weighted by Gasteiger charge is -2.02. The van der Waals surface area contributed by atoms with E-state index in [1.54, 1.807) is 12.2 Å². The lowest BCUT2D eigenvalue weighted by Crippen LogP contribution is -1.94. The molecule has 0 radical (unpaired) electrons. The second-order valence-electron chi connectivity index (χ2n) is 2.83. The van der Waals surface area contributed by atoms with Crippen molar-refractivity contribution in [1.82, 2.24) is 0 Å². The van der Waals surface area contributed by atoms with Crippen LogP contribution in [0.4, 0.5) is 0 Å². The largest absolute Gasteiger partial charge is 0.490 e. The van der Waals surface area contributed by atoms with E-state index < -0.39 is 5.97 Å². The van der Waals surface area contributed by atoms with Gasteiger partial charge in [0.15, 0.2) is 0 Å². The molecule has 0 aliphatic carbocycles. The average Bonchev–Trinajstić information content (AvgIpc) is 2.20. The molecule has 3 nitrogen and oxygen atoms in total. The first-order valence-electron chi connectivity index (χ1n) is 4.43. The minimum atomic E-state index is -0.838. The van der Waals surface area contributed by atoms with Gasteiger partial charge in [0.2, 0.25) is 0 Å². The molecule has 0 saturated carbocycles. The van der Waals surface area contributed by atoms with Crippen molar-refractivity contribution in [2.75, 3.05) is 6.61 Å². The van der Waals surface area contributed by atoms with Gasteiger partial charge in [-0.3, -0.25) is 4.79 Å². The first-order valence-corrected chi connectivity index (χ1v) is 5.23. The van der Waals surface area contributed by atoms with Crippen molar-refractivity contribution in [1.29, 1.82) is 0 Å². The molecule has 0 aliphatic heterocycles. The number of carboxylic acids is 1. The van der Waals surface area contributed by atoms with Crippen LogP contribution in [0.2, 0.25) is 0 Å². The van der Waals surface area contributed by atoms with Gasteiger partial charge < -0.3 is 9.84 Å². The van der Waals surface area contributed by atoms with Crippen LogP contribution in [0.25, 0.3) is 0 Å². The van der Waals surface area contributed by atoms with Gasteiger partial charge >= 0.3 is 5.97 Å². The van der Waals surface area contributed by atoms with E-state index in [1.165, 1.54) is 0 Å². The van der Waals surface area contributed by atoms with Gasteiger partial charge in [-0.25, -0.2) is 0 Å². The third-order valence-electron chi connectivity index (χ3n) is 1.62. The molecule has 0 heterocycles. The number of hydrogen-bond acceptors (Lipinski definition) is 2. The lowest BCUT2D eigenvalue weighted by atomic mass is 10.3. The molecule has 80 valence electrons. The summed E-state index contributed by atoms with van der Waals surface area (Å²) < 4.78 is 6.34. The third-order valence-corrected chi connectivity index (χ3v) is 2.15. The second-order valence-corrected chi connectivity index (χ2v) is 3.75. The molecule has 0 unspecified atom stereocenters. The van der Waals surface area contributed by atoms with Gasteiger partial charge in [-0.05, 0) is 24.3 Å². The molecule has 1 N–H and O–H groups in total. The average molecular weight is 271 g/mol. The van der Waals surface area contributed by atoms with Crippen LogP contribution < -0.4 is 4.74 Å². The molecule has 1 rings (SSSR count). The summed E-state index contributed by atoms with van der Waals surface area (Å²) >= 11 is 3.32. The first kappa shape index (κ1) is 11.8. The predicted octanol–water partition coefficient (Wildman–Crippen LogP) is 2.86. The quantitative estimate of drug-likeness (QED) is 0.837. The number of carbonyl (C=O) groups is 1. The van der Waals surface area contributed by atoms with Crippen molar-refractivity contribution in [2.24, 2.45) is 0 Å². The van der Waals surface area contributed by atoms with Crippen LogP contribution in [0.3, 0.4) is 0 Å². The van der Waals surface area contributed by atoms with E-state index >= 15 is 0 Å². The lowest BCUT2D eigenvalue weighted by molar-refractivity contribution is -0.136. The van der Waals surface area contributed by atoms with Crippen molar-refractivity contribution in [2.45, 2.75) is 6.42 Å². The van der Waals surface area contributed by atoms with Gasteiger partial charge in [-0.1, -0.05) is 28.1 Å². The minimum Gasteiger partial charge on any atom is -0.490 e. The Morgan fingerprint density at radius 2 is 2.00 bits per heavy atom. The molecular weight excluding hydrogens is 260 g/mol. The highest BCUT2D eigenvalue weighted by molar-refractivity contribution is 9.10. The maximum atomic E-state index is 10.2. The number of benzene rings is 1. The predicted molar refractivity (Wildman–Crippen MR) is 61.0 cm³/mol. The molecule has 0 bridgehead atoms. The normalized spacial score (nSPS) is 10.5. The number of carboxylic acid groups (broad SMARTS) is 1. The zero-order valence-electron chi connectivity index (χ0n) is 8.02.